The number of benzene rings is 1. The fraction of sp³-hybridized carbons (Fsp3) is 0.385. The first-order valence-electron chi connectivity index (χ1n) is 5.86. The van der Waals surface area contributed by atoms with Crippen LogP contribution >= 0.6 is 11.6 Å². The lowest BCUT2D eigenvalue weighted by Gasteiger charge is -2.25. The van der Waals surface area contributed by atoms with Gasteiger partial charge >= 0.3 is 0 Å². The number of hydrogen-bond donors (Lipinski definition) is 6. The average molecular weight is 305 g/mol. The first-order valence-corrected chi connectivity index (χ1v) is 6.24. The summed E-state index contributed by atoms with van der Waals surface area (Å²) >= 11 is 5.87. The Morgan fingerprint density at radius 1 is 1.10 bits per heavy atom. The highest BCUT2D eigenvalue weighted by Crippen LogP contribution is 2.20. The van der Waals surface area contributed by atoms with Crippen LogP contribution in [0, 0.1) is 0 Å². The van der Waals surface area contributed by atoms with Crippen molar-refractivity contribution < 1.29 is 30.6 Å². The molecule has 0 aliphatic carbocycles. The minimum Gasteiger partial charge on any atom is -0.509 e. The molecule has 0 heterocycles. The fourth-order valence-electron chi connectivity index (χ4n) is 1.53. The van der Waals surface area contributed by atoms with Gasteiger partial charge in [-0.15, -0.1) is 0 Å². The molecule has 7 heteroatoms. The molecule has 112 valence electrons. The molecule has 0 radical (unpaired) electrons. The van der Waals surface area contributed by atoms with Gasteiger partial charge in [0.2, 0.25) is 0 Å². The van der Waals surface area contributed by atoms with Crippen LogP contribution in [0.2, 0.25) is 5.02 Å². The summed E-state index contributed by atoms with van der Waals surface area (Å²) in [6, 6.07) is 6.51. The topological polar surface area (TPSA) is 121 Å². The lowest BCUT2D eigenvalue weighted by Crippen LogP contribution is -2.46. The van der Waals surface area contributed by atoms with E-state index in [9.17, 15) is 20.4 Å². The summed E-state index contributed by atoms with van der Waals surface area (Å²) < 4.78 is 0. The minimum atomic E-state index is -1.86. The second-order valence-electron chi connectivity index (χ2n) is 4.27. The van der Waals surface area contributed by atoms with Gasteiger partial charge in [-0.25, -0.2) is 0 Å². The first kappa shape index (κ1) is 16.9. The monoisotopic (exact) mass is 304 g/mol. The van der Waals surface area contributed by atoms with Crippen LogP contribution in [0.4, 0.5) is 0 Å². The molecule has 0 aliphatic rings. The van der Waals surface area contributed by atoms with Gasteiger partial charge in [-0.05, 0) is 17.7 Å². The Kier molecular flexibility index (Phi) is 6.41. The van der Waals surface area contributed by atoms with Gasteiger partial charge in [-0.1, -0.05) is 29.8 Å². The predicted molar refractivity (Wildman–Crippen MR) is 73.2 cm³/mol. The Morgan fingerprint density at radius 3 is 2.25 bits per heavy atom. The van der Waals surface area contributed by atoms with Crippen LogP contribution in [0.5, 0.6) is 0 Å². The zero-order valence-corrected chi connectivity index (χ0v) is 11.2. The van der Waals surface area contributed by atoms with Gasteiger partial charge < -0.3 is 30.6 Å². The van der Waals surface area contributed by atoms with Crippen molar-refractivity contribution >= 4 is 17.7 Å². The van der Waals surface area contributed by atoms with Gasteiger partial charge in [0.25, 0.3) is 0 Å². The van der Waals surface area contributed by atoms with E-state index in [1.165, 1.54) is 0 Å². The van der Waals surface area contributed by atoms with Gasteiger partial charge in [-0.2, -0.15) is 0 Å². The molecule has 6 N–H and O–H groups in total. The fourth-order valence-corrected chi connectivity index (χ4v) is 1.72. The third kappa shape index (κ3) is 4.17. The molecule has 0 bridgehead atoms. The molecule has 1 aromatic rings. The predicted octanol–water partition coefficient (Wildman–Crippen LogP) is -0.325. The maximum atomic E-state index is 9.71. The zero-order valence-electron chi connectivity index (χ0n) is 10.5. The molecule has 0 fully saturated rings. The van der Waals surface area contributed by atoms with Gasteiger partial charge in [0.15, 0.2) is 0 Å². The van der Waals surface area contributed by atoms with Crippen LogP contribution in [0.1, 0.15) is 5.56 Å². The van der Waals surface area contributed by atoms with Crippen molar-refractivity contribution in [3.8, 4) is 0 Å². The SMILES string of the molecule is OC[C@@H](O)[C@@H](O)[C@H](O)[C@@H](O)C(O)=Cc1ccccc1Cl. The third-order valence-corrected chi connectivity index (χ3v) is 3.11. The van der Waals surface area contributed by atoms with E-state index in [-0.39, 0.29) is 0 Å². The third-order valence-electron chi connectivity index (χ3n) is 2.77. The minimum absolute atomic E-state index is 0.330. The Hall–Kier alpha value is -1.15. The van der Waals surface area contributed by atoms with E-state index in [4.69, 9.17) is 21.8 Å². The molecule has 6 nitrogen and oxygen atoms in total. The number of rotatable bonds is 6. The first-order chi connectivity index (χ1) is 9.38. The van der Waals surface area contributed by atoms with Crippen molar-refractivity contribution in [2.75, 3.05) is 6.61 Å². The summed E-state index contributed by atoms with van der Waals surface area (Å²) in [7, 11) is 0. The van der Waals surface area contributed by atoms with Crippen LogP contribution in [0.25, 0.3) is 6.08 Å². The molecule has 4 atom stereocenters. The van der Waals surface area contributed by atoms with Crippen LogP contribution in [0.15, 0.2) is 30.0 Å². The largest absolute Gasteiger partial charge is 0.509 e. The Morgan fingerprint density at radius 2 is 1.70 bits per heavy atom. The quantitative estimate of drug-likeness (QED) is 0.400. The molecule has 0 unspecified atom stereocenters. The highest BCUT2D eigenvalue weighted by molar-refractivity contribution is 6.32. The van der Waals surface area contributed by atoms with E-state index in [1.54, 1.807) is 24.3 Å². The van der Waals surface area contributed by atoms with E-state index < -0.39 is 36.8 Å². The highest BCUT2D eigenvalue weighted by atomic mass is 35.5. The lowest BCUT2D eigenvalue weighted by atomic mass is 10.0. The maximum Gasteiger partial charge on any atom is 0.139 e. The second-order valence-corrected chi connectivity index (χ2v) is 4.67. The Labute approximate surface area is 120 Å². The van der Waals surface area contributed by atoms with E-state index >= 15 is 0 Å². The van der Waals surface area contributed by atoms with Crippen molar-refractivity contribution in [1.82, 2.24) is 0 Å². The molecule has 0 saturated carbocycles. The van der Waals surface area contributed by atoms with Gasteiger partial charge in [-0.3, -0.25) is 0 Å². The van der Waals surface area contributed by atoms with Crippen molar-refractivity contribution in [1.29, 1.82) is 0 Å². The highest BCUT2D eigenvalue weighted by Gasteiger charge is 2.32. The second kappa shape index (κ2) is 7.58. The smallest absolute Gasteiger partial charge is 0.139 e. The van der Waals surface area contributed by atoms with E-state index in [0.717, 1.165) is 6.08 Å². The van der Waals surface area contributed by atoms with Crippen LogP contribution < -0.4 is 0 Å². The number of hydrogen-bond acceptors (Lipinski definition) is 6. The standard InChI is InChI=1S/C13H17ClO6/c14-8-4-2-1-3-7(8)5-9(16)11(18)13(20)12(19)10(17)6-15/h1-5,10-13,15-20H,6H2/t10-,11+,12-,13-/m1/s1. The van der Waals surface area contributed by atoms with Crippen molar-refractivity contribution in [2.45, 2.75) is 24.4 Å². The summed E-state index contributed by atoms with van der Waals surface area (Å²) in [4.78, 5) is 0. The number of halogens is 1. The average Bonchev–Trinajstić information content (AvgIpc) is 2.46. The summed E-state index contributed by atoms with van der Waals surface area (Å²) in [5, 5.41) is 56.6. The molecule has 0 aromatic heterocycles. The Bertz CT molecular complexity index is 464. The molecule has 0 spiro atoms. The molecular weight excluding hydrogens is 288 g/mol. The van der Waals surface area contributed by atoms with Crippen LogP contribution in [-0.4, -0.2) is 61.7 Å². The normalized spacial score (nSPS) is 18.4. The maximum absolute atomic E-state index is 9.71. The molecule has 0 saturated heterocycles. The number of aliphatic hydroxyl groups excluding tert-OH is 6. The summed E-state index contributed by atoms with van der Waals surface area (Å²) in [6.07, 6.45) is -6.00. The van der Waals surface area contributed by atoms with Crippen molar-refractivity contribution in [3.63, 3.8) is 0 Å². The van der Waals surface area contributed by atoms with Crippen LogP contribution in [-0.2, 0) is 0 Å². The van der Waals surface area contributed by atoms with E-state index in [2.05, 4.69) is 0 Å². The number of aliphatic hydroxyl groups is 6. The lowest BCUT2D eigenvalue weighted by molar-refractivity contribution is -0.112. The Balaban J connectivity index is 2.86. The molecular formula is C13H17ClO6. The van der Waals surface area contributed by atoms with Gasteiger partial charge in [0.05, 0.1) is 6.61 Å². The zero-order chi connectivity index (χ0) is 15.3. The van der Waals surface area contributed by atoms with E-state index in [1.807, 2.05) is 0 Å². The van der Waals surface area contributed by atoms with Crippen molar-refractivity contribution in [2.24, 2.45) is 0 Å². The molecule has 1 rings (SSSR count). The summed E-state index contributed by atoms with van der Waals surface area (Å²) in [6.45, 7) is -0.792. The molecule has 0 amide bonds. The van der Waals surface area contributed by atoms with Gasteiger partial charge in [0.1, 0.15) is 30.2 Å². The molecule has 1 aromatic carbocycles. The van der Waals surface area contributed by atoms with Gasteiger partial charge in [0, 0.05) is 5.02 Å². The molecule has 0 aliphatic heterocycles. The summed E-state index contributed by atoms with van der Waals surface area (Å²) in [5.41, 5.74) is 0.412. The summed E-state index contributed by atoms with van der Waals surface area (Å²) in [5.74, 6) is -0.630. The van der Waals surface area contributed by atoms with Crippen LogP contribution in [0.3, 0.4) is 0 Å². The molecule has 20 heavy (non-hydrogen) atoms. The van der Waals surface area contributed by atoms with E-state index in [0.29, 0.717) is 10.6 Å². The van der Waals surface area contributed by atoms with Crippen molar-refractivity contribution in [3.05, 3.63) is 40.6 Å².